The van der Waals surface area contributed by atoms with Crippen LogP contribution in [-0.2, 0) is 15.6 Å². The summed E-state index contributed by atoms with van der Waals surface area (Å²) in [6, 6.07) is 10.3. The van der Waals surface area contributed by atoms with Gasteiger partial charge in [-0.3, -0.25) is 0 Å². The molecule has 1 unspecified atom stereocenters. The van der Waals surface area contributed by atoms with Crippen LogP contribution in [0.1, 0.15) is 32.3 Å². The van der Waals surface area contributed by atoms with E-state index in [1.165, 1.54) is 5.56 Å². The molecule has 1 aromatic rings. The molecule has 0 N–H and O–H groups in total. The van der Waals surface area contributed by atoms with Crippen molar-refractivity contribution in [2.45, 2.75) is 62.9 Å². The third-order valence-corrected chi connectivity index (χ3v) is 4.78. The van der Waals surface area contributed by atoms with E-state index in [-0.39, 0.29) is 0 Å². The smallest absolute Gasteiger partial charge is 0.192 e. The Morgan fingerprint density at radius 1 is 1.09 bits per heavy atom. The van der Waals surface area contributed by atoms with Crippen molar-refractivity contribution in [3.8, 4) is 0 Å². The Hall–Kier alpha value is -0.0631. The zero-order valence-corrected chi connectivity index (χ0v) is 16.8. The van der Waals surface area contributed by atoms with E-state index in [2.05, 4.69) is 38.7 Å². The van der Waals surface area contributed by atoms with Crippen LogP contribution in [0, 0.1) is 0 Å². The van der Waals surface area contributed by atoms with Gasteiger partial charge < -0.3 is 9.16 Å². The molecular weight excluding hydrogens is 335 g/mol. The highest BCUT2D eigenvalue weighted by atomic mass is 35.5. The topological polar surface area (TPSA) is 18.5 Å². The van der Waals surface area contributed by atoms with Gasteiger partial charge >= 0.3 is 0 Å². The van der Waals surface area contributed by atoms with Crippen molar-refractivity contribution in [2.24, 2.45) is 0 Å². The number of benzene rings is 1. The summed E-state index contributed by atoms with van der Waals surface area (Å²) in [5.74, 6) is -0.980. The molecule has 1 aromatic carbocycles. The van der Waals surface area contributed by atoms with Gasteiger partial charge in [0.25, 0.3) is 0 Å². The van der Waals surface area contributed by atoms with E-state index in [1.807, 2.05) is 18.2 Å². The van der Waals surface area contributed by atoms with Crippen molar-refractivity contribution in [3.05, 3.63) is 35.9 Å². The molecule has 2 nitrogen and oxygen atoms in total. The van der Waals surface area contributed by atoms with Crippen molar-refractivity contribution in [1.29, 1.82) is 0 Å². The fourth-order valence-corrected chi connectivity index (χ4v) is 4.16. The summed E-state index contributed by atoms with van der Waals surface area (Å²) in [5.41, 5.74) is 1.23. The van der Waals surface area contributed by atoms with Crippen LogP contribution in [0.3, 0.4) is 0 Å². The monoisotopic (exact) mass is 362 g/mol. The first-order valence-electron chi connectivity index (χ1n) is 7.85. The van der Waals surface area contributed by atoms with Gasteiger partial charge in [0.2, 0.25) is 0 Å². The van der Waals surface area contributed by atoms with Gasteiger partial charge in [-0.15, -0.1) is 0 Å². The standard InChI is InChI=1S/C17H28Cl2O2Si/c1-6-14-20-17(16(2,18)19,21-22(3,4)5)13-12-15-10-8-7-9-11-15/h7-11H,6,12-14H2,1-5H3. The Bertz CT molecular complexity index is 440. The molecule has 0 amide bonds. The third-order valence-electron chi connectivity index (χ3n) is 3.26. The Kier molecular flexibility index (Phi) is 7.41. The van der Waals surface area contributed by atoms with Crippen molar-refractivity contribution < 1.29 is 9.16 Å². The fourth-order valence-electron chi connectivity index (χ4n) is 2.30. The van der Waals surface area contributed by atoms with Gasteiger partial charge in [-0.1, -0.05) is 60.5 Å². The van der Waals surface area contributed by atoms with Crippen LogP contribution in [0.25, 0.3) is 0 Å². The molecule has 0 aliphatic rings. The second-order valence-corrected chi connectivity index (χ2v) is 12.8. The highest BCUT2D eigenvalue weighted by Gasteiger charge is 2.50. The van der Waals surface area contributed by atoms with Crippen molar-refractivity contribution in [2.75, 3.05) is 6.61 Å². The normalized spacial score (nSPS) is 15.6. The molecule has 0 aliphatic heterocycles. The first kappa shape index (κ1) is 20.0. The van der Waals surface area contributed by atoms with Gasteiger partial charge in [0.15, 0.2) is 18.4 Å². The third kappa shape index (κ3) is 6.21. The molecule has 1 rings (SSSR count). The summed E-state index contributed by atoms with van der Waals surface area (Å²) >= 11 is 13.0. The van der Waals surface area contributed by atoms with Crippen LogP contribution >= 0.6 is 23.2 Å². The van der Waals surface area contributed by atoms with Crippen molar-refractivity contribution in [3.63, 3.8) is 0 Å². The van der Waals surface area contributed by atoms with Crippen LogP contribution in [-0.4, -0.2) is 25.0 Å². The zero-order valence-electron chi connectivity index (χ0n) is 14.3. The predicted molar refractivity (Wildman–Crippen MR) is 98.3 cm³/mol. The van der Waals surface area contributed by atoms with Gasteiger partial charge in [-0.2, -0.15) is 0 Å². The summed E-state index contributed by atoms with van der Waals surface area (Å²) in [5, 5.41) is 0. The van der Waals surface area contributed by atoms with E-state index < -0.39 is 18.4 Å². The number of rotatable bonds is 9. The average Bonchev–Trinajstić information content (AvgIpc) is 2.40. The highest BCUT2D eigenvalue weighted by Crippen LogP contribution is 2.42. The van der Waals surface area contributed by atoms with E-state index in [0.29, 0.717) is 13.0 Å². The number of hydrogen-bond acceptors (Lipinski definition) is 2. The molecule has 126 valence electrons. The first-order chi connectivity index (χ1) is 10.1. The zero-order chi connectivity index (χ0) is 16.9. The maximum Gasteiger partial charge on any atom is 0.192 e. The highest BCUT2D eigenvalue weighted by molar-refractivity contribution is 6.70. The second-order valence-electron chi connectivity index (χ2n) is 6.69. The summed E-state index contributed by atoms with van der Waals surface area (Å²) in [6.45, 7) is 10.8. The molecule has 5 heteroatoms. The number of aryl methyl sites for hydroxylation is 1. The molecule has 0 radical (unpaired) electrons. The molecule has 0 spiro atoms. The van der Waals surface area contributed by atoms with Gasteiger partial charge in [-0.05, 0) is 45.0 Å². The molecule has 0 heterocycles. The lowest BCUT2D eigenvalue weighted by Gasteiger charge is -2.44. The number of hydrogen-bond donors (Lipinski definition) is 0. The lowest BCUT2D eigenvalue weighted by molar-refractivity contribution is -0.200. The van der Waals surface area contributed by atoms with E-state index in [1.54, 1.807) is 6.92 Å². The summed E-state index contributed by atoms with van der Waals surface area (Å²) in [4.78, 5) is 0. The molecule has 0 bridgehead atoms. The van der Waals surface area contributed by atoms with E-state index in [9.17, 15) is 0 Å². The molecule has 0 aromatic heterocycles. The molecule has 1 atom stereocenters. The average molecular weight is 363 g/mol. The Labute approximate surface area is 146 Å². The first-order valence-corrected chi connectivity index (χ1v) is 12.0. The van der Waals surface area contributed by atoms with E-state index >= 15 is 0 Å². The number of alkyl halides is 2. The lowest BCUT2D eigenvalue weighted by Crippen LogP contribution is -2.55. The van der Waals surface area contributed by atoms with Gasteiger partial charge in [0.05, 0.1) is 0 Å². The van der Waals surface area contributed by atoms with Crippen LogP contribution in [0.15, 0.2) is 30.3 Å². The molecule has 0 fully saturated rings. The Morgan fingerprint density at radius 2 is 1.68 bits per heavy atom. The van der Waals surface area contributed by atoms with E-state index in [4.69, 9.17) is 32.4 Å². The summed E-state index contributed by atoms with van der Waals surface area (Å²) in [7, 11) is -1.88. The Morgan fingerprint density at radius 3 is 2.14 bits per heavy atom. The second kappa shape index (κ2) is 8.16. The summed E-state index contributed by atoms with van der Waals surface area (Å²) in [6.07, 6.45) is 2.33. The Balaban J connectivity index is 3.00. The predicted octanol–water partition coefficient (Wildman–Crippen LogP) is 5.79. The molecule has 0 aliphatic carbocycles. The summed E-state index contributed by atoms with van der Waals surface area (Å²) < 4.78 is 11.3. The van der Waals surface area contributed by atoms with Crippen LogP contribution in [0.2, 0.25) is 19.6 Å². The minimum absolute atomic E-state index is 0.578. The molecule has 0 saturated carbocycles. The van der Waals surface area contributed by atoms with Gasteiger partial charge in [0.1, 0.15) is 0 Å². The van der Waals surface area contributed by atoms with Crippen molar-refractivity contribution >= 4 is 31.5 Å². The molecular formula is C17H28Cl2O2Si. The van der Waals surface area contributed by atoms with E-state index in [0.717, 1.165) is 12.8 Å². The maximum absolute atomic E-state index is 6.50. The fraction of sp³-hybridized carbons (Fsp3) is 0.647. The van der Waals surface area contributed by atoms with Gasteiger partial charge in [-0.25, -0.2) is 0 Å². The SMILES string of the molecule is CCCOC(CCc1ccccc1)(O[Si](C)(C)C)C(C)(Cl)Cl. The van der Waals surface area contributed by atoms with Crippen LogP contribution < -0.4 is 0 Å². The number of halogens is 2. The molecule has 22 heavy (non-hydrogen) atoms. The minimum Gasteiger partial charge on any atom is -0.389 e. The van der Waals surface area contributed by atoms with Crippen LogP contribution in [0.4, 0.5) is 0 Å². The lowest BCUT2D eigenvalue weighted by atomic mass is 10.0. The van der Waals surface area contributed by atoms with Gasteiger partial charge in [0, 0.05) is 13.0 Å². The van der Waals surface area contributed by atoms with Crippen molar-refractivity contribution in [1.82, 2.24) is 0 Å². The number of ether oxygens (including phenoxy) is 1. The minimum atomic E-state index is -1.88. The largest absolute Gasteiger partial charge is 0.389 e. The quantitative estimate of drug-likeness (QED) is 0.314. The maximum atomic E-state index is 6.50. The van der Waals surface area contributed by atoms with Crippen LogP contribution in [0.5, 0.6) is 0 Å². The molecule has 0 saturated heterocycles.